The van der Waals surface area contributed by atoms with Crippen LogP contribution in [0, 0.1) is 0 Å². The van der Waals surface area contributed by atoms with Crippen LogP contribution in [0.15, 0.2) is 18.2 Å². The van der Waals surface area contributed by atoms with Crippen molar-refractivity contribution in [3.8, 4) is 5.75 Å². The van der Waals surface area contributed by atoms with Crippen molar-refractivity contribution in [2.45, 2.75) is 57.1 Å². The Labute approximate surface area is 103 Å². The Morgan fingerprint density at radius 2 is 1.88 bits per heavy atom. The van der Waals surface area contributed by atoms with Gasteiger partial charge in [0.05, 0.1) is 6.10 Å². The van der Waals surface area contributed by atoms with Crippen molar-refractivity contribution in [1.29, 1.82) is 0 Å². The van der Waals surface area contributed by atoms with Crippen molar-refractivity contribution in [2.75, 3.05) is 0 Å². The summed E-state index contributed by atoms with van der Waals surface area (Å²) in [4.78, 5) is 0. The Kier molecular flexibility index (Phi) is 3.06. The molecule has 1 aromatic carbocycles. The van der Waals surface area contributed by atoms with Crippen LogP contribution in [0.25, 0.3) is 0 Å². The highest BCUT2D eigenvalue weighted by Gasteiger charge is 2.20. The predicted molar refractivity (Wildman–Crippen MR) is 69.2 cm³/mol. The van der Waals surface area contributed by atoms with Gasteiger partial charge in [0.15, 0.2) is 0 Å². The highest BCUT2D eigenvalue weighted by molar-refractivity contribution is 5.40. The topological polar surface area (TPSA) is 35.2 Å². The number of rotatable bonds is 2. The fraction of sp³-hybridized carbons (Fsp3) is 0.600. The second kappa shape index (κ2) is 4.69. The highest BCUT2D eigenvalue weighted by atomic mass is 16.5. The zero-order valence-electron chi connectivity index (χ0n) is 10.3. The molecule has 0 amide bonds. The normalized spacial score (nSPS) is 24.6. The summed E-state index contributed by atoms with van der Waals surface area (Å²) in [6, 6.07) is 6.70. The van der Waals surface area contributed by atoms with Gasteiger partial charge in [-0.3, -0.25) is 0 Å². The standard InChI is InChI=1S/C15H21NO/c16-15-9-6-11-10-13(7-8-14(11)15)17-12-4-2-1-3-5-12/h7-8,10,12,15H,1-6,9,16H2. The molecule has 0 bridgehead atoms. The summed E-state index contributed by atoms with van der Waals surface area (Å²) in [5.41, 5.74) is 8.75. The molecule has 0 spiro atoms. The van der Waals surface area contributed by atoms with Gasteiger partial charge >= 0.3 is 0 Å². The van der Waals surface area contributed by atoms with Gasteiger partial charge in [0.1, 0.15) is 5.75 Å². The minimum Gasteiger partial charge on any atom is -0.490 e. The van der Waals surface area contributed by atoms with Crippen LogP contribution in [0.1, 0.15) is 55.7 Å². The summed E-state index contributed by atoms with van der Waals surface area (Å²) >= 11 is 0. The lowest BCUT2D eigenvalue weighted by Gasteiger charge is -2.23. The Hall–Kier alpha value is -1.02. The van der Waals surface area contributed by atoms with Gasteiger partial charge in [-0.2, -0.15) is 0 Å². The van der Waals surface area contributed by atoms with Gasteiger partial charge in [0.2, 0.25) is 0 Å². The lowest BCUT2D eigenvalue weighted by Crippen LogP contribution is -2.19. The monoisotopic (exact) mass is 231 g/mol. The third-order valence-electron chi connectivity index (χ3n) is 4.09. The van der Waals surface area contributed by atoms with Crippen LogP contribution in [0.3, 0.4) is 0 Å². The summed E-state index contributed by atoms with van der Waals surface area (Å²) in [5.74, 6) is 1.05. The SMILES string of the molecule is NC1CCc2cc(OC3CCCCC3)ccc21. The first-order valence-corrected chi connectivity index (χ1v) is 6.88. The number of nitrogens with two attached hydrogens (primary N) is 1. The molecule has 0 radical (unpaired) electrons. The average Bonchev–Trinajstić information content (AvgIpc) is 2.72. The molecule has 1 atom stereocenters. The number of hydrogen-bond acceptors (Lipinski definition) is 2. The van der Waals surface area contributed by atoms with E-state index in [-0.39, 0.29) is 6.04 Å². The number of benzene rings is 1. The average molecular weight is 231 g/mol. The molecular weight excluding hydrogens is 210 g/mol. The van der Waals surface area contributed by atoms with Crippen molar-refractivity contribution in [1.82, 2.24) is 0 Å². The molecule has 1 aromatic rings. The van der Waals surface area contributed by atoms with E-state index in [1.807, 2.05) is 0 Å². The molecule has 2 heteroatoms. The van der Waals surface area contributed by atoms with E-state index in [1.165, 1.54) is 43.2 Å². The van der Waals surface area contributed by atoms with Gasteiger partial charge in [-0.05, 0) is 61.8 Å². The van der Waals surface area contributed by atoms with Crippen LogP contribution in [0.5, 0.6) is 5.75 Å². The molecule has 0 saturated heterocycles. The molecule has 3 rings (SSSR count). The van der Waals surface area contributed by atoms with Gasteiger partial charge in [-0.15, -0.1) is 0 Å². The van der Waals surface area contributed by atoms with Crippen molar-refractivity contribution >= 4 is 0 Å². The lowest BCUT2D eigenvalue weighted by atomic mass is 9.98. The van der Waals surface area contributed by atoms with E-state index in [0.717, 1.165) is 18.6 Å². The van der Waals surface area contributed by atoms with E-state index in [9.17, 15) is 0 Å². The smallest absolute Gasteiger partial charge is 0.120 e. The van der Waals surface area contributed by atoms with Crippen LogP contribution in [0.2, 0.25) is 0 Å². The molecular formula is C15H21NO. The molecule has 92 valence electrons. The highest BCUT2D eigenvalue weighted by Crippen LogP contribution is 2.33. The lowest BCUT2D eigenvalue weighted by molar-refractivity contribution is 0.155. The summed E-state index contributed by atoms with van der Waals surface area (Å²) in [7, 11) is 0. The molecule has 0 heterocycles. The third kappa shape index (κ3) is 2.32. The first-order chi connectivity index (χ1) is 8.33. The van der Waals surface area contributed by atoms with E-state index < -0.39 is 0 Å². The molecule has 2 N–H and O–H groups in total. The number of fused-ring (bicyclic) bond motifs is 1. The molecule has 2 aliphatic carbocycles. The Balaban J connectivity index is 1.71. The van der Waals surface area contributed by atoms with Crippen molar-refractivity contribution < 1.29 is 4.74 Å². The Morgan fingerprint density at radius 3 is 2.71 bits per heavy atom. The number of aryl methyl sites for hydroxylation is 1. The zero-order valence-corrected chi connectivity index (χ0v) is 10.3. The van der Waals surface area contributed by atoms with E-state index in [4.69, 9.17) is 10.5 Å². The largest absolute Gasteiger partial charge is 0.490 e. The fourth-order valence-corrected chi connectivity index (χ4v) is 3.08. The van der Waals surface area contributed by atoms with E-state index in [1.54, 1.807) is 0 Å². The number of ether oxygens (including phenoxy) is 1. The third-order valence-corrected chi connectivity index (χ3v) is 4.09. The molecule has 2 aliphatic rings. The second-order valence-corrected chi connectivity index (χ2v) is 5.38. The maximum absolute atomic E-state index is 6.07. The Bertz CT molecular complexity index is 396. The first kappa shape index (κ1) is 11.1. The van der Waals surface area contributed by atoms with Gasteiger partial charge in [-0.1, -0.05) is 12.5 Å². The van der Waals surface area contributed by atoms with Gasteiger partial charge in [0, 0.05) is 6.04 Å². The maximum atomic E-state index is 6.07. The fourth-order valence-electron chi connectivity index (χ4n) is 3.08. The molecule has 0 aliphatic heterocycles. The van der Waals surface area contributed by atoms with Crippen molar-refractivity contribution in [3.05, 3.63) is 29.3 Å². The van der Waals surface area contributed by atoms with Crippen LogP contribution in [0.4, 0.5) is 0 Å². The molecule has 1 saturated carbocycles. The Morgan fingerprint density at radius 1 is 1.06 bits per heavy atom. The van der Waals surface area contributed by atoms with Crippen molar-refractivity contribution in [2.24, 2.45) is 5.73 Å². The van der Waals surface area contributed by atoms with E-state index in [0.29, 0.717) is 6.10 Å². The number of hydrogen-bond donors (Lipinski definition) is 1. The van der Waals surface area contributed by atoms with E-state index in [2.05, 4.69) is 18.2 Å². The molecule has 0 aromatic heterocycles. The summed E-state index contributed by atoms with van der Waals surface area (Å²) < 4.78 is 6.07. The van der Waals surface area contributed by atoms with Gasteiger partial charge in [0.25, 0.3) is 0 Å². The molecule has 1 fully saturated rings. The van der Waals surface area contributed by atoms with Gasteiger partial charge < -0.3 is 10.5 Å². The quantitative estimate of drug-likeness (QED) is 0.847. The minimum atomic E-state index is 0.244. The summed E-state index contributed by atoms with van der Waals surface area (Å²) in [6.45, 7) is 0. The molecule has 2 nitrogen and oxygen atoms in total. The van der Waals surface area contributed by atoms with Crippen LogP contribution in [-0.4, -0.2) is 6.10 Å². The van der Waals surface area contributed by atoms with Crippen LogP contribution >= 0.6 is 0 Å². The van der Waals surface area contributed by atoms with Crippen LogP contribution < -0.4 is 10.5 Å². The molecule has 17 heavy (non-hydrogen) atoms. The maximum Gasteiger partial charge on any atom is 0.120 e. The van der Waals surface area contributed by atoms with Crippen LogP contribution in [-0.2, 0) is 6.42 Å². The van der Waals surface area contributed by atoms with E-state index >= 15 is 0 Å². The minimum absolute atomic E-state index is 0.244. The first-order valence-electron chi connectivity index (χ1n) is 6.88. The summed E-state index contributed by atoms with van der Waals surface area (Å²) in [6.07, 6.45) is 9.09. The second-order valence-electron chi connectivity index (χ2n) is 5.38. The van der Waals surface area contributed by atoms with Gasteiger partial charge in [-0.25, -0.2) is 0 Å². The zero-order chi connectivity index (χ0) is 11.7. The van der Waals surface area contributed by atoms with Crippen molar-refractivity contribution in [3.63, 3.8) is 0 Å². The molecule has 1 unspecified atom stereocenters. The summed E-state index contributed by atoms with van der Waals surface area (Å²) in [5, 5.41) is 0. The predicted octanol–water partition coefficient (Wildman–Crippen LogP) is 3.34.